The van der Waals surface area contributed by atoms with E-state index in [-0.39, 0.29) is 11.9 Å². The molecular weight excluding hydrogens is 264 g/mol. The van der Waals surface area contributed by atoms with Crippen LogP contribution < -0.4 is 10.5 Å². The molecule has 2 N–H and O–H groups in total. The highest BCUT2D eigenvalue weighted by molar-refractivity contribution is 5.80. The maximum Gasteiger partial charge on any atom is 0.263 e. The summed E-state index contributed by atoms with van der Waals surface area (Å²) >= 11 is 0. The maximum atomic E-state index is 12.3. The van der Waals surface area contributed by atoms with Crippen molar-refractivity contribution in [1.29, 1.82) is 0 Å². The topological polar surface area (TPSA) is 55.6 Å². The molecule has 0 aromatic heterocycles. The molecule has 0 saturated heterocycles. The van der Waals surface area contributed by atoms with E-state index in [4.69, 9.17) is 10.5 Å². The second-order valence-corrected chi connectivity index (χ2v) is 5.25. The predicted octanol–water partition coefficient (Wildman–Crippen LogP) is 2.60. The van der Waals surface area contributed by atoms with Crippen LogP contribution in [0.2, 0.25) is 0 Å². The average Bonchev–Trinajstić information content (AvgIpc) is 2.50. The molecule has 4 nitrogen and oxygen atoms in total. The van der Waals surface area contributed by atoms with Gasteiger partial charge in [0.05, 0.1) is 0 Å². The number of hydrogen-bond acceptors (Lipinski definition) is 3. The molecule has 0 aliphatic carbocycles. The lowest BCUT2D eigenvalue weighted by Crippen LogP contribution is -2.40. The first kappa shape index (κ1) is 17.5. The van der Waals surface area contributed by atoms with E-state index in [2.05, 4.69) is 6.92 Å². The van der Waals surface area contributed by atoms with E-state index in [1.165, 1.54) is 0 Å². The molecule has 1 rings (SSSR count). The van der Waals surface area contributed by atoms with Gasteiger partial charge in [0.15, 0.2) is 6.10 Å². The number of benzene rings is 1. The van der Waals surface area contributed by atoms with E-state index >= 15 is 0 Å². The Hall–Kier alpha value is -1.55. The Morgan fingerprint density at radius 3 is 2.43 bits per heavy atom. The van der Waals surface area contributed by atoms with Crippen LogP contribution in [0.5, 0.6) is 5.75 Å². The highest BCUT2D eigenvalue weighted by Gasteiger charge is 2.20. The van der Waals surface area contributed by atoms with Gasteiger partial charge >= 0.3 is 0 Å². The zero-order chi connectivity index (χ0) is 15.8. The molecule has 1 amide bonds. The zero-order valence-electron chi connectivity index (χ0n) is 13.6. The predicted molar refractivity (Wildman–Crippen MR) is 86.4 cm³/mol. The van der Waals surface area contributed by atoms with Crippen molar-refractivity contribution in [2.45, 2.75) is 52.7 Å². The number of para-hydroxylation sites is 1. The number of hydrogen-bond donors (Lipinski definition) is 1. The lowest BCUT2D eigenvalue weighted by Gasteiger charge is -2.24. The SMILES string of the molecule is CCC(N)Cc1ccccc1OC(C)C(=O)N(CC)CC. The summed E-state index contributed by atoms with van der Waals surface area (Å²) in [5.74, 6) is 0.781. The molecule has 21 heavy (non-hydrogen) atoms. The number of nitrogens with zero attached hydrogens (tertiary/aromatic N) is 1. The van der Waals surface area contributed by atoms with E-state index in [0.29, 0.717) is 13.1 Å². The maximum absolute atomic E-state index is 12.3. The number of carbonyl (C=O) groups is 1. The second kappa shape index (κ2) is 8.67. The number of ether oxygens (including phenoxy) is 1. The summed E-state index contributed by atoms with van der Waals surface area (Å²) in [5.41, 5.74) is 7.09. The van der Waals surface area contributed by atoms with Crippen molar-refractivity contribution in [3.8, 4) is 5.75 Å². The molecule has 0 radical (unpaired) electrons. The Morgan fingerprint density at radius 1 is 1.24 bits per heavy atom. The first-order valence-corrected chi connectivity index (χ1v) is 7.82. The van der Waals surface area contributed by atoms with Crippen LogP contribution in [-0.4, -0.2) is 36.0 Å². The minimum Gasteiger partial charge on any atom is -0.481 e. The van der Waals surface area contributed by atoms with Crippen LogP contribution in [0.1, 0.15) is 39.7 Å². The number of nitrogens with two attached hydrogens (primary N) is 1. The molecular formula is C17H28N2O2. The summed E-state index contributed by atoms with van der Waals surface area (Å²) in [7, 11) is 0. The normalized spacial score (nSPS) is 13.6. The fourth-order valence-corrected chi connectivity index (χ4v) is 2.25. The first-order chi connectivity index (χ1) is 10.0. The van der Waals surface area contributed by atoms with E-state index in [1.54, 1.807) is 11.8 Å². The van der Waals surface area contributed by atoms with Gasteiger partial charge in [-0.05, 0) is 45.2 Å². The van der Waals surface area contributed by atoms with E-state index < -0.39 is 6.10 Å². The fraction of sp³-hybridized carbons (Fsp3) is 0.588. The highest BCUT2D eigenvalue weighted by atomic mass is 16.5. The Bertz CT molecular complexity index is 444. The van der Waals surface area contributed by atoms with Gasteiger partial charge in [-0.2, -0.15) is 0 Å². The van der Waals surface area contributed by atoms with Gasteiger partial charge < -0.3 is 15.4 Å². The van der Waals surface area contributed by atoms with Crippen molar-refractivity contribution in [3.05, 3.63) is 29.8 Å². The summed E-state index contributed by atoms with van der Waals surface area (Å²) in [6.07, 6.45) is 1.20. The molecule has 0 fully saturated rings. The van der Waals surface area contributed by atoms with Crippen molar-refractivity contribution in [2.24, 2.45) is 5.73 Å². The quantitative estimate of drug-likeness (QED) is 0.801. The van der Waals surface area contributed by atoms with E-state index in [0.717, 1.165) is 24.2 Å². The van der Waals surface area contributed by atoms with Gasteiger partial charge in [-0.1, -0.05) is 25.1 Å². The molecule has 1 aromatic rings. The minimum absolute atomic E-state index is 0.0228. The fourth-order valence-electron chi connectivity index (χ4n) is 2.25. The third-order valence-electron chi connectivity index (χ3n) is 3.71. The summed E-state index contributed by atoms with van der Waals surface area (Å²) in [6.45, 7) is 9.22. The smallest absolute Gasteiger partial charge is 0.263 e. The Morgan fingerprint density at radius 2 is 1.86 bits per heavy atom. The highest BCUT2D eigenvalue weighted by Crippen LogP contribution is 2.21. The van der Waals surface area contributed by atoms with Gasteiger partial charge in [-0.15, -0.1) is 0 Å². The van der Waals surface area contributed by atoms with Crippen molar-refractivity contribution < 1.29 is 9.53 Å². The standard InChI is InChI=1S/C17H28N2O2/c1-5-15(18)12-14-10-8-9-11-16(14)21-13(4)17(20)19(6-2)7-3/h8-11,13,15H,5-7,12,18H2,1-4H3. The summed E-state index contributed by atoms with van der Waals surface area (Å²) in [4.78, 5) is 14.1. The minimum atomic E-state index is -0.482. The summed E-state index contributed by atoms with van der Waals surface area (Å²) < 4.78 is 5.89. The molecule has 1 aromatic carbocycles. The Balaban J connectivity index is 2.80. The lowest BCUT2D eigenvalue weighted by molar-refractivity contribution is -0.137. The number of likely N-dealkylation sites (N-methyl/N-ethyl adjacent to an activating group) is 1. The first-order valence-electron chi connectivity index (χ1n) is 7.82. The summed E-state index contributed by atoms with van der Waals surface area (Å²) in [5, 5.41) is 0. The summed E-state index contributed by atoms with van der Waals surface area (Å²) in [6, 6.07) is 7.93. The third kappa shape index (κ3) is 5.05. The Kier molecular flexibility index (Phi) is 7.23. The Labute approximate surface area is 128 Å². The van der Waals surface area contributed by atoms with Crippen molar-refractivity contribution >= 4 is 5.91 Å². The number of amides is 1. The molecule has 4 heteroatoms. The largest absolute Gasteiger partial charge is 0.481 e. The van der Waals surface area contributed by atoms with Crippen LogP contribution in [0.25, 0.3) is 0 Å². The molecule has 0 aliphatic heterocycles. The molecule has 118 valence electrons. The van der Waals surface area contributed by atoms with E-state index in [1.807, 2.05) is 38.1 Å². The molecule has 0 heterocycles. The van der Waals surface area contributed by atoms with Gasteiger partial charge in [-0.3, -0.25) is 4.79 Å². The van der Waals surface area contributed by atoms with Crippen LogP contribution in [0.4, 0.5) is 0 Å². The van der Waals surface area contributed by atoms with Crippen molar-refractivity contribution in [2.75, 3.05) is 13.1 Å². The molecule has 0 spiro atoms. The lowest BCUT2D eigenvalue weighted by atomic mass is 10.0. The molecule has 2 atom stereocenters. The van der Waals surface area contributed by atoms with Gasteiger partial charge in [0.1, 0.15) is 5.75 Å². The van der Waals surface area contributed by atoms with Gasteiger partial charge in [0.2, 0.25) is 0 Å². The average molecular weight is 292 g/mol. The van der Waals surface area contributed by atoms with Crippen LogP contribution in [0.15, 0.2) is 24.3 Å². The van der Waals surface area contributed by atoms with Crippen molar-refractivity contribution in [3.63, 3.8) is 0 Å². The third-order valence-corrected chi connectivity index (χ3v) is 3.71. The van der Waals surface area contributed by atoms with E-state index in [9.17, 15) is 4.79 Å². The monoisotopic (exact) mass is 292 g/mol. The number of rotatable bonds is 8. The van der Waals surface area contributed by atoms with Crippen LogP contribution in [-0.2, 0) is 11.2 Å². The van der Waals surface area contributed by atoms with Crippen molar-refractivity contribution in [1.82, 2.24) is 4.90 Å². The van der Waals surface area contributed by atoms with Gasteiger partial charge in [0.25, 0.3) is 5.91 Å². The van der Waals surface area contributed by atoms with Gasteiger partial charge in [-0.25, -0.2) is 0 Å². The second-order valence-electron chi connectivity index (χ2n) is 5.25. The zero-order valence-corrected chi connectivity index (χ0v) is 13.6. The molecule has 0 saturated carbocycles. The van der Waals surface area contributed by atoms with Crippen LogP contribution in [0.3, 0.4) is 0 Å². The van der Waals surface area contributed by atoms with Gasteiger partial charge in [0, 0.05) is 19.1 Å². The van der Waals surface area contributed by atoms with Crippen LogP contribution >= 0.6 is 0 Å². The molecule has 2 unspecified atom stereocenters. The van der Waals surface area contributed by atoms with Crippen LogP contribution in [0, 0.1) is 0 Å². The number of carbonyl (C=O) groups excluding carboxylic acids is 1. The molecule has 0 aliphatic rings. The molecule has 0 bridgehead atoms.